The molecule has 92 valence electrons. The minimum absolute atomic E-state index is 0.0349. The van der Waals surface area contributed by atoms with Gasteiger partial charge in [-0.1, -0.05) is 36.4 Å². The molecule has 0 radical (unpaired) electrons. The van der Waals surface area contributed by atoms with Gasteiger partial charge in [0.25, 0.3) is 0 Å². The maximum Gasteiger partial charge on any atom is 0.219 e. The molecule has 2 rings (SSSR count). The van der Waals surface area contributed by atoms with Crippen LogP contribution in [0.25, 0.3) is 0 Å². The summed E-state index contributed by atoms with van der Waals surface area (Å²) in [5.74, 6) is 0.0349. The van der Waals surface area contributed by atoms with Crippen LogP contribution in [0, 0.1) is 0 Å². The van der Waals surface area contributed by atoms with Crippen molar-refractivity contribution in [2.75, 3.05) is 7.05 Å². The SMILES string of the molecule is CC(=O)N(C)C(c1ccccc1)c1cccnc1. The Morgan fingerprint density at radius 1 is 1.11 bits per heavy atom. The second kappa shape index (κ2) is 5.45. The first-order chi connectivity index (χ1) is 8.70. The molecule has 1 atom stereocenters. The van der Waals surface area contributed by atoms with Crippen molar-refractivity contribution in [1.82, 2.24) is 9.88 Å². The van der Waals surface area contributed by atoms with Crippen molar-refractivity contribution in [2.24, 2.45) is 0 Å². The van der Waals surface area contributed by atoms with Crippen LogP contribution in [0.15, 0.2) is 54.9 Å². The van der Waals surface area contributed by atoms with Crippen LogP contribution in [0.5, 0.6) is 0 Å². The van der Waals surface area contributed by atoms with Crippen molar-refractivity contribution >= 4 is 5.91 Å². The van der Waals surface area contributed by atoms with E-state index in [9.17, 15) is 4.79 Å². The number of rotatable bonds is 3. The average molecular weight is 240 g/mol. The van der Waals surface area contributed by atoms with Crippen molar-refractivity contribution in [2.45, 2.75) is 13.0 Å². The van der Waals surface area contributed by atoms with Gasteiger partial charge in [0.2, 0.25) is 5.91 Å². The van der Waals surface area contributed by atoms with Crippen molar-refractivity contribution in [1.29, 1.82) is 0 Å². The van der Waals surface area contributed by atoms with E-state index in [-0.39, 0.29) is 11.9 Å². The summed E-state index contributed by atoms with van der Waals surface area (Å²) in [6, 6.07) is 13.8. The third kappa shape index (κ3) is 2.56. The molecule has 1 aromatic heterocycles. The van der Waals surface area contributed by atoms with E-state index < -0.39 is 0 Å². The summed E-state index contributed by atoms with van der Waals surface area (Å²) in [5.41, 5.74) is 2.10. The minimum atomic E-state index is -0.0857. The van der Waals surface area contributed by atoms with Crippen molar-refractivity contribution in [3.8, 4) is 0 Å². The molecule has 3 heteroatoms. The third-order valence-electron chi connectivity index (χ3n) is 3.00. The summed E-state index contributed by atoms with van der Waals surface area (Å²) in [4.78, 5) is 17.5. The topological polar surface area (TPSA) is 33.2 Å². The molecule has 0 aliphatic carbocycles. The molecule has 0 bridgehead atoms. The van der Waals surface area contributed by atoms with Crippen LogP contribution in [-0.4, -0.2) is 22.8 Å². The normalized spacial score (nSPS) is 11.9. The molecule has 0 spiro atoms. The van der Waals surface area contributed by atoms with E-state index in [2.05, 4.69) is 4.98 Å². The van der Waals surface area contributed by atoms with E-state index in [1.165, 1.54) is 0 Å². The maximum absolute atomic E-state index is 11.6. The molecule has 1 aromatic carbocycles. The molecule has 0 aliphatic rings. The zero-order valence-electron chi connectivity index (χ0n) is 10.6. The summed E-state index contributed by atoms with van der Waals surface area (Å²) < 4.78 is 0. The first-order valence-corrected chi connectivity index (χ1v) is 5.88. The number of aromatic nitrogens is 1. The number of amides is 1. The number of benzene rings is 1. The van der Waals surface area contributed by atoms with Crippen LogP contribution in [-0.2, 0) is 4.79 Å². The Bertz CT molecular complexity index is 471. The van der Waals surface area contributed by atoms with Gasteiger partial charge in [-0.25, -0.2) is 0 Å². The molecule has 18 heavy (non-hydrogen) atoms. The number of nitrogens with zero attached hydrogens (tertiary/aromatic N) is 2. The predicted molar refractivity (Wildman–Crippen MR) is 71.0 cm³/mol. The number of pyridine rings is 1. The molecular weight excluding hydrogens is 224 g/mol. The van der Waals surface area contributed by atoms with Gasteiger partial charge in [-0.05, 0) is 17.2 Å². The molecule has 3 nitrogen and oxygen atoms in total. The molecule has 0 fully saturated rings. The Kier molecular flexibility index (Phi) is 3.72. The summed E-state index contributed by atoms with van der Waals surface area (Å²) in [5, 5.41) is 0. The lowest BCUT2D eigenvalue weighted by atomic mass is 9.99. The van der Waals surface area contributed by atoms with Crippen LogP contribution in [0.1, 0.15) is 24.1 Å². The Morgan fingerprint density at radius 2 is 1.78 bits per heavy atom. The van der Waals surface area contributed by atoms with E-state index in [0.717, 1.165) is 11.1 Å². The van der Waals surface area contributed by atoms with Crippen molar-refractivity contribution in [3.63, 3.8) is 0 Å². The molecule has 0 saturated heterocycles. The van der Waals surface area contributed by atoms with Crippen LogP contribution in [0.2, 0.25) is 0 Å². The van der Waals surface area contributed by atoms with Gasteiger partial charge < -0.3 is 4.90 Å². The van der Waals surface area contributed by atoms with E-state index in [4.69, 9.17) is 0 Å². The quantitative estimate of drug-likeness (QED) is 0.826. The van der Waals surface area contributed by atoms with Gasteiger partial charge in [-0.15, -0.1) is 0 Å². The Labute approximate surface area is 107 Å². The molecular formula is C15H16N2O. The highest BCUT2D eigenvalue weighted by Gasteiger charge is 2.20. The van der Waals surface area contributed by atoms with E-state index in [1.54, 1.807) is 24.2 Å². The Balaban J connectivity index is 2.45. The molecule has 0 N–H and O–H groups in total. The number of carbonyl (C=O) groups is 1. The lowest BCUT2D eigenvalue weighted by Gasteiger charge is -2.27. The number of hydrogen-bond acceptors (Lipinski definition) is 2. The van der Waals surface area contributed by atoms with E-state index in [1.807, 2.05) is 49.5 Å². The lowest BCUT2D eigenvalue weighted by Crippen LogP contribution is -2.29. The fraction of sp³-hybridized carbons (Fsp3) is 0.200. The van der Waals surface area contributed by atoms with Crippen LogP contribution < -0.4 is 0 Å². The number of carbonyl (C=O) groups excluding carboxylic acids is 1. The fourth-order valence-corrected chi connectivity index (χ4v) is 1.99. The van der Waals surface area contributed by atoms with Crippen molar-refractivity contribution < 1.29 is 4.79 Å². The third-order valence-corrected chi connectivity index (χ3v) is 3.00. The second-order valence-corrected chi connectivity index (χ2v) is 4.23. The van der Waals surface area contributed by atoms with Crippen LogP contribution in [0.3, 0.4) is 0 Å². The molecule has 1 unspecified atom stereocenters. The largest absolute Gasteiger partial charge is 0.335 e. The Morgan fingerprint density at radius 3 is 2.33 bits per heavy atom. The van der Waals surface area contributed by atoms with Gasteiger partial charge in [-0.2, -0.15) is 0 Å². The summed E-state index contributed by atoms with van der Waals surface area (Å²) in [6.45, 7) is 1.58. The molecule has 1 heterocycles. The summed E-state index contributed by atoms with van der Waals surface area (Å²) >= 11 is 0. The molecule has 0 aliphatic heterocycles. The van der Waals surface area contributed by atoms with E-state index >= 15 is 0 Å². The highest BCUT2D eigenvalue weighted by Crippen LogP contribution is 2.26. The zero-order valence-corrected chi connectivity index (χ0v) is 10.6. The van der Waals surface area contributed by atoms with Gasteiger partial charge in [-0.3, -0.25) is 9.78 Å². The number of hydrogen-bond donors (Lipinski definition) is 0. The predicted octanol–water partition coefficient (Wildman–Crippen LogP) is 2.65. The maximum atomic E-state index is 11.6. The van der Waals surface area contributed by atoms with Crippen LogP contribution in [0.4, 0.5) is 0 Å². The Hall–Kier alpha value is -2.16. The standard InChI is InChI=1S/C15H16N2O/c1-12(18)17(2)15(13-7-4-3-5-8-13)14-9-6-10-16-11-14/h3-11,15H,1-2H3. The summed E-state index contributed by atoms with van der Waals surface area (Å²) in [7, 11) is 1.81. The van der Waals surface area contributed by atoms with Crippen molar-refractivity contribution in [3.05, 3.63) is 66.0 Å². The first kappa shape index (κ1) is 12.3. The first-order valence-electron chi connectivity index (χ1n) is 5.88. The summed E-state index contributed by atoms with van der Waals surface area (Å²) in [6.07, 6.45) is 3.54. The van der Waals surface area contributed by atoms with Gasteiger partial charge in [0.1, 0.15) is 0 Å². The molecule has 0 saturated carbocycles. The zero-order chi connectivity index (χ0) is 13.0. The molecule has 2 aromatic rings. The van der Waals surface area contributed by atoms with Crippen LogP contribution >= 0.6 is 0 Å². The highest BCUT2D eigenvalue weighted by atomic mass is 16.2. The molecule has 1 amide bonds. The van der Waals surface area contributed by atoms with Gasteiger partial charge >= 0.3 is 0 Å². The van der Waals surface area contributed by atoms with Gasteiger partial charge in [0, 0.05) is 26.4 Å². The monoisotopic (exact) mass is 240 g/mol. The lowest BCUT2D eigenvalue weighted by molar-refractivity contribution is -0.129. The fourth-order valence-electron chi connectivity index (χ4n) is 1.99. The van der Waals surface area contributed by atoms with Gasteiger partial charge in [0.05, 0.1) is 6.04 Å². The second-order valence-electron chi connectivity index (χ2n) is 4.23. The van der Waals surface area contributed by atoms with Gasteiger partial charge in [0.15, 0.2) is 0 Å². The average Bonchev–Trinajstić information content (AvgIpc) is 2.41. The smallest absolute Gasteiger partial charge is 0.219 e. The van der Waals surface area contributed by atoms with E-state index in [0.29, 0.717) is 0 Å². The highest BCUT2D eigenvalue weighted by molar-refractivity contribution is 5.74. The minimum Gasteiger partial charge on any atom is -0.335 e.